The monoisotopic (exact) mass is 239 g/mol. The number of anilines is 1. The maximum Gasteiger partial charge on any atom is 0.145 e. The van der Waals surface area contributed by atoms with Crippen LogP contribution in [0.25, 0.3) is 0 Å². The Kier molecular flexibility index (Phi) is 5.41. The van der Waals surface area contributed by atoms with Gasteiger partial charge in [0.05, 0.1) is 6.20 Å². The summed E-state index contributed by atoms with van der Waals surface area (Å²) in [4.78, 5) is 2.21. The van der Waals surface area contributed by atoms with Crippen LogP contribution in [-0.2, 0) is 6.54 Å². The minimum Gasteiger partial charge on any atom is -0.365 e. The number of hydrogen-bond donors (Lipinski definition) is 1. The zero-order valence-electron chi connectivity index (χ0n) is 11.6. The van der Waals surface area contributed by atoms with Crippen LogP contribution in [0.4, 0.5) is 5.82 Å². The van der Waals surface area contributed by atoms with E-state index in [4.69, 9.17) is 0 Å². The van der Waals surface area contributed by atoms with Gasteiger partial charge >= 0.3 is 0 Å². The smallest absolute Gasteiger partial charge is 0.145 e. The molecular weight excluding hydrogens is 214 g/mol. The summed E-state index contributed by atoms with van der Waals surface area (Å²) in [5.74, 6) is 1.69. The standard InChI is InChI=1S/C12H25N5/c1-6-17-12(8-13-15-17)14-11(7-10(2)3)9-16(4)5/h8,10-11,14H,6-7,9H2,1-5H3. The van der Waals surface area contributed by atoms with E-state index in [0.717, 1.165) is 25.3 Å². The SMILES string of the molecule is CCn1nncc1NC(CC(C)C)CN(C)C. The molecule has 0 radical (unpaired) electrons. The first-order valence-corrected chi connectivity index (χ1v) is 6.32. The second kappa shape index (κ2) is 6.59. The van der Waals surface area contributed by atoms with Crippen molar-refractivity contribution in [2.75, 3.05) is 26.0 Å². The van der Waals surface area contributed by atoms with E-state index in [1.54, 1.807) is 6.20 Å². The van der Waals surface area contributed by atoms with Gasteiger partial charge in [-0.05, 0) is 33.4 Å². The molecular formula is C12H25N5. The third-order valence-electron chi connectivity index (χ3n) is 2.61. The van der Waals surface area contributed by atoms with E-state index in [1.807, 2.05) is 4.68 Å². The van der Waals surface area contributed by atoms with Crippen molar-refractivity contribution in [3.63, 3.8) is 0 Å². The molecule has 5 heteroatoms. The number of rotatable bonds is 7. The molecule has 0 aliphatic carbocycles. The van der Waals surface area contributed by atoms with Crippen LogP contribution in [0, 0.1) is 5.92 Å². The van der Waals surface area contributed by atoms with Crippen molar-refractivity contribution < 1.29 is 0 Å². The van der Waals surface area contributed by atoms with Crippen LogP contribution >= 0.6 is 0 Å². The first-order valence-electron chi connectivity index (χ1n) is 6.32. The van der Waals surface area contributed by atoms with Crippen LogP contribution in [-0.4, -0.2) is 46.6 Å². The predicted molar refractivity (Wildman–Crippen MR) is 71.1 cm³/mol. The van der Waals surface area contributed by atoms with Gasteiger partial charge in [-0.3, -0.25) is 0 Å². The minimum atomic E-state index is 0.439. The van der Waals surface area contributed by atoms with E-state index in [0.29, 0.717) is 12.0 Å². The van der Waals surface area contributed by atoms with Crippen molar-refractivity contribution in [1.29, 1.82) is 0 Å². The molecule has 1 atom stereocenters. The molecule has 0 amide bonds. The van der Waals surface area contributed by atoms with Crippen molar-refractivity contribution in [3.05, 3.63) is 6.20 Å². The lowest BCUT2D eigenvalue weighted by molar-refractivity contribution is 0.355. The van der Waals surface area contributed by atoms with E-state index in [-0.39, 0.29) is 0 Å². The highest BCUT2D eigenvalue weighted by Gasteiger charge is 2.14. The van der Waals surface area contributed by atoms with Crippen LogP contribution in [0.5, 0.6) is 0 Å². The summed E-state index contributed by atoms with van der Waals surface area (Å²) in [7, 11) is 4.20. The van der Waals surface area contributed by atoms with Gasteiger partial charge in [0.1, 0.15) is 5.82 Å². The van der Waals surface area contributed by atoms with E-state index in [9.17, 15) is 0 Å². The van der Waals surface area contributed by atoms with Gasteiger partial charge in [0.2, 0.25) is 0 Å². The Morgan fingerprint density at radius 3 is 2.65 bits per heavy atom. The second-order valence-corrected chi connectivity index (χ2v) is 5.17. The minimum absolute atomic E-state index is 0.439. The molecule has 1 rings (SSSR count). The second-order valence-electron chi connectivity index (χ2n) is 5.17. The molecule has 98 valence electrons. The van der Waals surface area contributed by atoms with Gasteiger partial charge in [-0.2, -0.15) is 0 Å². The number of hydrogen-bond acceptors (Lipinski definition) is 4. The topological polar surface area (TPSA) is 46.0 Å². The summed E-state index contributed by atoms with van der Waals surface area (Å²) in [5.41, 5.74) is 0. The molecule has 0 aromatic carbocycles. The van der Waals surface area contributed by atoms with Gasteiger partial charge in [-0.15, -0.1) is 5.10 Å². The molecule has 1 aromatic heterocycles. The molecule has 0 saturated carbocycles. The van der Waals surface area contributed by atoms with Crippen LogP contribution in [0.1, 0.15) is 27.2 Å². The Bertz CT molecular complexity index is 308. The Hall–Kier alpha value is -1.10. The molecule has 5 nitrogen and oxygen atoms in total. The highest BCUT2D eigenvalue weighted by Crippen LogP contribution is 2.12. The summed E-state index contributed by atoms with van der Waals surface area (Å²) < 4.78 is 1.89. The molecule has 1 unspecified atom stereocenters. The lowest BCUT2D eigenvalue weighted by atomic mass is 10.0. The van der Waals surface area contributed by atoms with Crippen LogP contribution in [0.15, 0.2) is 6.20 Å². The van der Waals surface area contributed by atoms with Gasteiger partial charge < -0.3 is 10.2 Å². The first kappa shape index (κ1) is 14.0. The number of likely N-dealkylation sites (N-methyl/N-ethyl adjacent to an activating group) is 1. The van der Waals surface area contributed by atoms with Gasteiger partial charge in [0.25, 0.3) is 0 Å². The summed E-state index contributed by atoms with van der Waals surface area (Å²) in [6, 6.07) is 0.439. The molecule has 0 fully saturated rings. The normalized spacial score (nSPS) is 13.4. The highest BCUT2D eigenvalue weighted by atomic mass is 15.5. The number of aryl methyl sites for hydroxylation is 1. The maximum absolute atomic E-state index is 4.04. The highest BCUT2D eigenvalue weighted by molar-refractivity contribution is 5.32. The van der Waals surface area contributed by atoms with Crippen molar-refractivity contribution in [1.82, 2.24) is 19.9 Å². The lowest BCUT2D eigenvalue weighted by Gasteiger charge is -2.24. The molecule has 0 aliphatic rings. The molecule has 0 bridgehead atoms. The van der Waals surface area contributed by atoms with Crippen LogP contribution < -0.4 is 5.32 Å². The number of nitrogens with zero attached hydrogens (tertiary/aromatic N) is 4. The van der Waals surface area contributed by atoms with E-state index < -0.39 is 0 Å². The Balaban J connectivity index is 2.64. The maximum atomic E-state index is 4.04. The van der Waals surface area contributed by atoms with Gasteiger partial charge in [-0.25, -0.2) is 4.68 Å². The predicted octanol–water partition coefficient (Wildman–Crippen LogP) is 1.69. The fraction of sp³-hybridized carbons (Fsp3) is 0.833. The van der Waals surface area contributed by atoms with Gasteiger partial charge in [0.15, 0.2) is 0 Å². The van der Waals surface area contributed by atoms with Crippen LogP contribution in [0.3, 0.4) is 0 Å². The summed E-state index contributed by atoms with van der Waals surface area (Å²) in [5, 5.41) is 11.5. The van der Waals surface area contributed by atoms with Crippen molar-refractivity contribution >= 4 is 5.82 Å². The molecule has 0 saturated heterocycles. The lowest BCUT2D eigenvalue weighted by Crippen LogP contribution is -2.34. The Labute approximate surface area is 104 Å². The molecule has 1 aromatic rings. The molecule has 17 heavy (non-hydrogen) atoms. The third kappa shape index (κ3) is 4.73. The average molecular weight is 239 g/mol. The zero-order chi connectivity index (χ0) is 12.8. The average Bonchev–Trinajstić information content (AvgIpc) is 2.62. The van der Waals surface area contributed by atoms with Crippen molar-refractivity contribution in [2.24, 2.45) is 5.92 Å². The number of nitrogens with one attached hydrogen (secondary N) is 1. The molecule has 0 aliphatic heterocycles. The molecule has 1 heterocycles. The summed E-state index contributed by atoms with van der Waals surface area (Å²) in [6.45, 7) is 8.44. The summed E-state index contributed by atoms with van der Waals surface area (Å²) >= 11 is 0. The largest absolute Gasteiger partial charge is 0.365 e. The number of aromatic nitrogens is 3. The fourth-order valence-corrected chi connectivity index (χ4v) is 2.00. The quantitative estimate of drug-likeness (QED) is 0.786. The van der Waals surface area contributed by atoms with Gasteiger partial charge in [0, 0.05) is 19.1 Å². The molecule has 1 N–H and O–H groups in total. The van der Waals surface area contributed by atoms with Gasteiger partial charge in [-0.1, -0.05) is 19.1 Å². The van der Waals surface area contributed by atoms with Crippen molar-refractivity contribution in [3.8, 4) is 0 Å². The third-order valence-corrected chi connectivity index (χ3v) is 2.61. The van der Waals surface area contributed by atoms with Crippen LogP contribution in [0.2, 0.25) is 0 Å². The Morgan fingerprint density at radius 1 is 1.41 bits per heavy atom. The van der Waals surface area contributed by atoms with E-state index in [2.05, 4.69) is 55.4 Å². The van der Waals surface area contributed by atoms with E-state index in [1.165, 1.54) is 0 Å². The Morgan fingerprint density at radius 2 is 2.12 bits per heavy atom. The summed E-state index contributed by atoms with van der Waals surface area (Å²) in [6.07, 6.45) is 2.94. The van der Waals surface area contributed by atoms with E-state index >= 15 is 0 Å². The first-order chi connectivity index (χ1) is 8.02. The molecule has 0 spiro atoms. The zero-order valence-corrected chi connectivity index (χ0v) is 11.6. The fourth-order valence-electron chi connectivity index (χ4n) is 2.00. The van der Waals surface area contributed by atoms with Crippen molar-refractivity contribution in [2.45, 2.75) is 39.8 Å².